The van der Waals surface area contributed by atoms with E-state index >= 15 is 0 Å². The van der Waals surface area contributed by atoms with E-state index in [1.807, 2.05) is 54.6 Å². The minimum Gasteiger partial charge on any atom is -0.489 e. The number of ether oxygens (including phenoxy) is 1. The number of amides is 1. The zero-order valence-electron chi connectivity index (χ0n) is 14.2. The Kier molecular flexibility index (Phi) is 6.63. The van der Waals surface area contributed by atoms with Crippen molar-refractivity contribution in [2.24, 2.45) is 5.10 Å². The molecule has 27 heavy (non-hydrogen) atoms. The topological polar surface area (TPSA) is 50.7 Å². The number of rotatable bonds is 6. The smallest absolute Gasteiger partial charge is 0.271 e. The number of hydrazone groups is 1. The summed E-state index contributed by atoms with van der Waals surface area (Å²) in [6, 6.07) is 22.1. The van der Waals surface area contributed by atoms with Crippen LogP contribution in [-0.4, -0.2) is 12.1 Å². The molecule has 0 aliphatic heterocycles. The summed E-state index contributed by atoms with van der Waals surface area (Å²) in [5.74, 6) is 0.472. The van der Waals surface area contributed by atoms with E-state index in [1.165, 1.54) is 0 Å². The predicted octanol–water partition coefficient (Wildman–Crippen LogP) is 5.45. The van der Waals surface area contributed by atoms with Crippen molar-refractivity contribution in [3.63, 3.8) is 0 Å². The fourth-order valence-corrected chi connectivity index (χ4v) is 2.92. The minimum absolute atomic E-state index is 0.269. The molecule has 3 aromatic rings. The molecule has 3 rings (SSSR count). The summed E-state index contributed by atoms with van der Waals surface area (Å²) in [5.41, 5.74) is 4.89. The molecule has 4 nitrogen and oxygen atoms in total. The van der Waals surface area contributed by atoms with E-state index in [4.69, 9.17) is 16.3 Å². The van der Waals surface area contributed by atoms with Crippen LogP contribution < -0.4 is 10.2 Å². The Morgan fingerprint density at radius 2 is 1.85 bits per heavy atom. The van der Waals surface area contributed by atoms with Crippen LogP contribution in [0.4, 0.5) is 0 Å². The highest BCUT2D eigenvalue weighted by Gasteiger charge is 2.03. The van der Waals surface area contributed by atoms with Gasteiger partial charge in [-0.2, -0.15) is 5.10 Å². The minimum atomic E-state index is -0.269. The number of hydrogen-bond donors (Lipinski definition) is 1. The van der Waals surface area contributed by atoms with Gasteiger partial charge in [-0.25, -0.2) is 5.43 Å². The van der Waals surface area contributed by atoms with E-state index in [1.54, 1.807) is 24.4 Å². The van der Waals surface area contributed by atoms with Gasteiger partial charge in [0.2, 0.25) is 0 Å². The second-order valence-corrected chi connectivity index (χ2v) is 7.05. The van der Waals surface area contributed by atoms with E-state index in [0.717, 1.165) is 21.3 Å². The van der Waals surface area contributed by atoms with Crippen molar-refractivity contribution in [1.29, 1.82) is 0 Å². The molecule has 0 bridgehead atoms. The lowest BCUT2D eigenvalue weighted by Crippen LogP contribution is -2.17. The maximum Gasteiger partial charge on any atom is 0.271 e. The van der Waals surface area contributed by atoms with Gasteiger partial charge in [0.15, 0.2) is 0 Å². The molecule has 6 heteroatoms. The first kappa shape index (κ1) is 19.1. The van der Waals surface area contributed by atoms with E-state index in [-0.39, 0.29) is 5.91 Å². The summed E-state index contributed by atoms with van der Waals surface area (Å²) in [5, 5.41) is 4.67. The van der Waals surface area contributed by atoms with Crippen LogP contribution in [0.15, 0.2) is 82.4 Å². The van der Waals surface area contributed by atoms with Crippen LogP contribution in [0, 0.1) is 0 Å². The summed E-state index contributed by atoms with van der Waals surface area (Å²) < 4.78 is 6.58. The van der Waals surface area contributed by atoms with Crippen LogP contribution in [0.5, 0.6) is 5.75 Å². The third-order valence-electron chi connectivity index (χ3n) is 3.64. The SMILES string of the molecule is O=C(N/N=C\c1ccc(OCc2cccc(Cl)c2)cc1)c1cccc(Br)c1. The molecule has 0 unspecified atom stereocenters. The van der Waals surface area contributed by atoms with Gasteiger partial charge in [0.1, 0.15) is 12.4 Å². The molecule has 136 valence electrons. The van der Waals surface area contributed by atoms with Crippen LogP contribution in [0.1, 0.15) is 21.5 Å². The molecule has 0 fully saturated rings. The van der Waals surface area contributed by atoms with Crippen LogP contribution in [0.2, 0.25) is 5.02 Å². The fraction of sp³-hybridized carbons (Fsp3) is 0.0476. The van der Waals surface area contributed by atoms with Gasteiger partial charge in [-0.05, 0) is 65.7 Å². The van der Waals surface area contributed by atoms with E-state index in [0.29, 0.717) is 17.2 Å². The Bertz CT molecular complexity index is 958. The summed E-state index contributed by atoms with van der Waals surface area (Å²) in [7, 11) is 0. The Hall–Kier alpha value is -2.63. The lowest BCUT2D eigenvalue weighted by atomic mass is 10.2. The van der Waals surface area contributed by atoms with Crippen molar-refractivity contribution in [2.45, 2.75) is 6.61 Å². The molecule has 1 amide bonds. The van der Waals surface area contributed by atoms with Gasteiger partial charge in [-0.3, -0.25) is 4.79 Å². The van der Waals surface area contributed by atoms with E-state index in [9.17, 15) is 4.79 Å². The average Bonchev–Trinajstić information content (AvgIpc) is 2.67. The maximum atomic E-state index is 12.0. The first-order chi connectivity index (χ1) is 13.1. The molecule has 0 heterocycles. The highest BCUT2D eigenvalue weighted by molar-refractivity contribution is 9.10. The van der Waals surface area contributed by atoms with Crippen molar-refractivity contribution in [3.05, 3.63) is 99.0 Å². The zero-order chi connectivity index (χ0) is 19.1. The van der Waals surface area contributed by atoms with Crippen molar-refractivity contribution in [1.82, 2.24) is 5.43 Å². The van der Waals surface area contributed by atoms with Gasteiger partial charge >= 0.3 is 0 Å². The predicted molar refractivity (Wildman–Crippen MR) is 111 cm³/mol. The molecule has 0 aliphatic carbocycles. The summed E-state index contributed by atoms with van der Waals surface area (Å²) >= 11 is 9.30. The molecule has 0 spiro atoms. The van der Waals surface area contributed by atoms with Gasteiger partial charge in [-0.1, -0.05) is 45.7 Å². The Morgan fingerprint density at radius 1 is 1.07 bits per heavy atom. The second-order valence-electron chi connectivity index (χ2n) is 5.70. The van der Waals surface area contributed by atoms with E-state index in [2.05, 4.69) is 26.5 Å². The van der Waals surface area contributed by atoms with Crippen LogP contribution in [-0.2, 0) is 6.61 Å². The van der Waals surface area contributed by atoms with Gasteiger partial charge in [0, 0.05) is 15.1 Å². The van der Waals surface area contributed by atoms with Gasteiger partial charge in [-0.15, -0.1) is 0 Å². The van der Waals surface area contributed by atoms with Gasteiger partial charge in [0.25, 0.3) is 5.91 Å². The number of hydrogen-bond acceptors (Lipinski definition) is 3. The van der Waals surface area contributed by atoms with Crippen molar-refractivity contribution >= 4 is 39.7 Å². The maximum absolute atomic E-state index is 12.0. The van der Waals surface area contributed by atoms with Gasteiger partial charge < -0.3 is 4.74 Å². The molecule has 0 saturated heterocycles. The standard InChI is InChI=1S/C21H16BrClN2O2/c22-18-5-2-4-17(12-18)21(26)25-24-13-15-7-9-20(10-8-15)27-14-16-3-1-6-19(23)11-16/h1-13H,14H2,(H,25,26)/b24-13-. The number of carbonyl (C=O) groups is 1. The summed E-state index contributed by atoms with van der Waals surface area (Å²) in [4.78, 5) is 12.0. The first-order valence-corrected chi connectivity index (χ1v) is 9.33. The third kappa shape index (κ3) is 5.94. The highest BCUT2D eigenvalue weighted by atomic mass is 79.9. The lowest BCUT2D eigenvalue weighted by Gasteiger charge is -2.06. The Balaban J connectivity index is 1.52. The molecular weight excluding hydrogens is 428 g/mol. The fourth-order valence-electron chi connectivity index (χ4n) is 2.30. The zero-order valence-corrected chi connectivity index (χ0v) is 16.6. The normalized spacial score (nSPS) is 10.7. The molecule has 0 saturated carbocycles. The Morgan fingerprint density at radius 3 is 2.59 bits per heavy atom. The number of carbonyl (C=O) groups excluding carboxylic acids is 1. The van der Waals surface area contributed by atoms with Gasteiger partial charge in [0.05, 0.1) is 6.21 Å². The van der Waals surface area contributed by atoms with E-state index < -0.39 is 0 Å². The average molecular weight is 444 g/mol. The summed E-state index contributed by atoms with van der Waals surface area (Å²) in [6.07, 6.45) is 1.58. The molecule has 0 radical (unpaired) electrons. The van der Waals surface area contributed by atoms with Crippen molar-refractivity contribution in [2.75, 3.05) is 0 Å². The first-order valence-electron chi connectivity index (χ1n) is 8.16. The largest absolute Gasteiger partial charge is 0.489 e. The number of benzene rings is 3. The quantitative estimate of drug-likeness (QED) is 0.407. The third-order valence-corrected chi connectivity index (χ3v) is 4.37. The monoisotopic (exact) mass is 442 g/mol. The Labute approximate surface area is 171 Å². The van der Waals surface area contributed by atoms with Crippen LogP contribution in [0.25, 0.3) is 0 Å². The molecule has 0 atom stereocenters. The van der Waals surface area contributed by atoms with Crippen molar-refractivity contribution < 1.29 is 9.53 Å². The molecule has 0 aliphatic rings. The number of halogens is 2. The van der Waals surface area contributed by atoms with Crippen LogP contribution in [0.3, 0.4) is 0 Å². The highest BCUT2D eigenvalue weighted by Crippen LogP contribution is 2.16. The number of nitrogens with zero attached hydrogens (tertiary/aromatic N) is 1. The molecule has 1 N–H and O–H groups in total. The number of nitrogens with one attached hydrogen (secondary N) is 1. The van der Waals surface area contributed by atoms with Crippen molar-refractivity contribution in [3.8, 4) is 5.75 Å². The molecule has 3 aromatic carbocycles. The second kappa shape index (κ2) is 9.35. The molecule has 0 aromatic heterocycles. The molecular formula is C21H16BrClN2O2. The van der Waals surface area contributed by atoms with Crippen LogP contribution >= 0.6 is 27.5 Å². The lowest BCUT2D eigenvalue weighted by molar-refractivity contribution is 0.0955. The summed E-state index contributed by atoms with van der Waals surface area (Å²) in [6.45, 7) is 0.441.